The van der Waals surface area contributed by atoms with Gasteiger partial charge in [0, 0.05) is 17.4 Å². The Balaban J connectivity index is 1.71. The van der Waals surface area contributed by atoms with Crippen molar-refractivity contribution < 1.29 is 17.6 Å². The van der Waals surface area contributed by atoms with Crippen LogP contribution in [-0.2, 0) is 15.8 Å². The molecule has 1 amide bonds. The number of benzene rings is 2. The molecule has 6 nitrogen and oxygen atoms in total. The second-order valence-corrected chi connectivity index (χ2v) is 8.49. The first kappa shape index (κ1) is 20.8. The first-order valence-corrected chi connectivity index (χ1v) is 10.5. The van der Waals surface area contributed by atoms with Gasteiger partial charge in [-0.1, -0.05) is 41.4 Å². The van der Waals surface area contributed by atoms with Crippen LogP contribution in [0.3, 0.4) is 0 Å². The zero-order valence-electron chi connectivity index (χ0n) is 15.3. The van der Waals surface area contributed by atoms with Gasteiger partial charge in [-0.05, 0) is 42.8 Å². The van der Waals surface area contributed by atoms with Gasteiger partial charge in [-0.25, -0.2) is 17.8 Å². The smallest absolute Gasteiger partial charge is 0.255 e. The quantitative estimate of drug-likeness (QED) is 0.604. The Morgan fingerprint density at radius 3 is 2.52 bits per heavy atom. The number of aryl methyl sites for hydroxylation is 1. The number of hydrogen-bond donors (Lipinski definition) is 2. The normalized spacial score (nSPS) is 11.1. The third-order valence-corrected chi connectivity index (χ3v) is 5.46. The molecule has 0 atom stereocenters. The topological polar surface area (TPSA) is 88.2 Å². The van der Waals surface area contributed by atoms with Crippen molar-refractivity contribution in [3.8, 4) is 0 Å². The molecule has 0 unspecified atom stereocenters. The SMILES string of the molecule is Cc1ccc(CS(=O)(=O)Nc2cc(C(=O)Nc3ccc(F)c(Cl)c3)ccn2)cc1. The van der Waals surface area contributed by atoms with Gasteiger partial charge in [0.25, 0.3) is 5.91 Å². The summed E-state index contributed by atoms with van der Waals surface area (Å²) in [6.45, 7) is 1.91. The fourth-order valence-corrected chi connectivity index (χ4v) is 3.82. The summed E-state index contributed by atoms with van der Waals surface area (Å²) < 4.78 is 40.4. The number of rotatable bonds is 6. The number of anilines is 2. The number of sulfonamides is 1. The van der Waals surface area contributed by atoms with Crippen molar-refractivity contribution in [2.75, 3.05) is 10.0 Å². The Bertz CT molecular complexity index is 1150. The maximum Gasteiger partial charge on any atom is 0.255 e. The van der Waals surface area contributed by atoms with Crippen molar-refractivity contribution in [3.05, 3.63) is 88.3 Å². The van der Waals surface area contributed by atoms with E-state index in [1.165, 1.54) is 30.5 Å². The van der Waals surface area contributed by atoms with Crippen LogP contribution in [-0.4, -0.2) is 19.3 Å². The van der Waals surface area contributed by atoms with Crippen LogP contribution in [0.4, 0.5) is 15.9 Å². The lowest BCUT2D eigenvalue weighted by Crippen LogP contribution is -2.17. The highest BCUT2D eigenvalue weighted by Gasteiger charge is 2.15. The average Bonchev–Trinajstić information content (AvgIpc) is 2.66. The molecule has 3 rings (SSSR count). The van der Waals surface area contributed by atoms with E-state index >= 15 is 0 Å². The third kappa shape index (κ3) is 5.75. The van der Waals surface area contributed by atoms with Gasteiger partial charge >= 0.3 is 0 Å². The highest BCUT2D eigenvalue weighted by Crippen LogP contribution is 2.20. The number of nitrogens with zero attached hydrogens (tertiary/aromatic N) is 1. The molecular formula is C20H17ClFN3O3S. The molecule has 9 heteroatoms. The number of aromatic nitrogens is 1. The summed E-state index contributed by atoms with van der Waals surface area (Å²) in [6.07, 6.45) is 1.32. The summed E-state index contributed by atoms with van der Waals surface area (Å²) in [6, 6.07) is 13.7. The molecule has 1 aromatic heterocycles. The third-order valence-electron chi connectivity index (χ3n) is 3.94. The van der Waals surface area contributed by atoms with E-state index in [4.69, 9.17) is 11.6 Å². The molecule has 1 heterocycles. The largest absolute Gasteiger partial charge is 0.322 e. The molecule has 0 spiro atoms. The van der Waals surface area contributed by atoms with Crippen molar-refractivity contribution in [1.29, 1.82) is 0 Å². The summed E-state index contributed by atoms with van der Waals surface area (Å²) in [5, 5.41) is 2.44. The minimum atomic E-state index is -3.72. The summed E-state index contributed by atoms with van der Waals surface area (Å²) in [4.78, 5) is 16.4. The zero-order valence-corrected chi connectivity index (χ0v) is 16.9. The molecule has 150 valence electrons. The van der Waals surface area contributed by atoms with Crippen LogP contribution < -0.4 is 10.0 Å². The van der Waals surface area contributed by atoms with E-state index in [2.05, 4.69) is 15.0 Å². The Kier molecular flexibility index (Phi) is 6.14. The van der Waals surface area contributed by atoms with Crippen molar-refractivity contribution in [2.24, 2.45) is 0 Å². The predicted octanol–water partition coefficient (Wildman–Crippen LogP) is 4.38. The fourth-order valence-electron chi connectivity index (χ4n) is 2.50. The van der Waals surface area contributed by atoms with Crippen LogP contribution in [0, 0.1) is 12.7 Å². The summed E-state index contributed by atoms with van der Waals surface area (Å²) >= 11 is 5.70. The molecule has 29 heavy (non-hydrogen) atoms. The van der Waals surface area contributed by atoms with Gasteiger partial charge in [-0.15, -0.1) is 0 Å². The first-order valence-electron chi connectivity index (χ1n) is 8.50. The molecule has 3 aromatic rings. The number of nitrogens with one attached hydrogen (secondary N) is 2. The molecule has 0 aliphatic heterocycles. The first-order chi connectivity index (χ1) is 13.7. The Labute approximate surface area is 172 Å². The van der Waals surface area contributed by atoms with E-state index in [0.717, 1.165) is 11.6 Å². The van der Waals surface area contributed by atoms with Crippen LogP contribution in [0.5, 0.6) is 0 Å². The van der Waals surface area contributed by atoms with E-state index < -0.39 is 21.7 Å². The van der Waals surface area contributed by atoms with Gasteiger partial charge < -0.3 is 5.32 Å². The lowest BCUT2D eigenvalue weighted by atomic mass is 10.2. The Morgan fingerprint density at radius 2 is 1.83 bits per heavy atom. The zero-order chi connectivity index (χ0) is 21.0. The van der Waals surface area contributed by atoms with Gasteiger partial charge in [-0.3, -0.25) is 9.52 Å². The maximum atomic E-state index is 13.2. The molecule has 2 N–H and O–H groups in total. The summed E-state index contributed by atoms with van der Waals surface area (Å²) in [7, 11) is -3.72. The Morgan fingerprint density at radius 1 is 1.10 bits per heavy atom. The van der Waals surface area contributed by atoms with Crippen LogP contribution in [0.1, 0.15) is 21.5 Å². The molecule has 0 aliphatic rings. The predicted molar refractivity (Wildman–Crippen MR) is 111 cm³/mol. The Hall–Kier alpha value is -2.97. The van der Waals surface area contributed by atoms with Gasteiger partial charge in [0.1, 0.15) is 11.6 Å². The second kappa shape index (κ2) is 8.59. The monoisotopic (exact) mass is 433 g/mol. The van der Waals surface area contributed by atoms with Crippen LogP contribution in [0.2, 0.25) is 5.02 Å². The number of hydrogen-bond acceptors (Lipinski definition) is 4. The van der Waals surface area contributed by atoms with E-state index in [1.54, 1.807) is 12.1 Å². The summed E-state index contributed by atoms with van der Waals surface area (Å²) in [5.41, 5.74) is 2.14. The molecule has 0 radical (unpaired) electrons. The van der Waals surface area contributed by atoms with E-state index in [0.29, 0.717) is 11.3 Å². The lowest BCUT2D eigenvalue weighted by molar-refractivity contribution is 0.102. The van der Waals surface area contributed by atoms with Crippen molar-refractivity contribution in [1.82, 2.24) is 4.98 Å². The highest BCUT2D eigenvalue weighted by molar-refractivity contribution is 7.91. The molecule has 0 saturated carbocycles. The standard InChI is InChI=1S/C20H17ClFN3O3S/c1-13-2-4-14(5-3-13)12-29(27,28)25-19-10-15(8-9-23-19)20(26)24-16-6-7-18(22)17(21)11-16/h2-11H,12H2,1H3,(H,23,25)(H,24,26). The van der Waals surface area contributed by atoms with E-state index in [1.807, 2.05) is 19.1 Å². The number of amides is 1. The van der Waals surface area contributed by atoms with Crippen molar-refractivity contribution in [2.45, 2.75) is 12.7 Å². The second-order valence-electron chi connectivity index (χ2n) is 6.36. The maximum absolute atomic E-state index is 13.2. The van der Waals surface area contributed by atoms with Crippen LogP contribution >= 0.6 is 11.6 Å². The fraction of sp³-hybridized carbons (Fsp3) is 0.100. The molecule has 2 aromatic carbocycles. The van der Waals surface area contributed by atoms with E-state index in [-0.39, 0.29) is 22.2 Å². The number of carbonyl (C=O) groups excluding carboxylic acids is 1. The molecule has 0 saturated heterocycles. The van der Waals surface area contributed by atoms with Crippen molar-refractivity contribution in [3.63, 3.8) is 0 Å². The number of halogens is 2. The van der Waals surface area contributed by atoms with E-state index in [9.17, 15) is 17.6 Å². The minimum absolute atomic E-state index is 0.0156. The lowest BCUT2D eigenvalue weighted by Gasteiger charge is -2.10. The van der Waals surface area contributed by atoms with Gasteiger partial charge in [-0.2, -0.15) is 0 Å². The molecule has 0 bridgehead atoms. The highest BCUT2D eigenvalue weighted by atomic mass is 35.5. The number of pyridine rings is 1. The molecule has 0 aliphatic carbocycles. The van der Waals surface area contributed by atoms with Gasteiger partial charge in [0.2, 0.25) is 10.0 Å². The molecular weight excluding hydrogens is 417 g/mol. The number of carbonyl (C=O) groups is 1. The average molecular weight is 434 g/mol. The minimum Gasteiger partial charge on any atom is -0.322 e. The van der Waals surface area contributed by atoms with Gasteiger partial charge in [0.05, 0.1) is 10.8 Å². The summed E-state index contributed by atoms with van der Waals surface area (Å²) in [5.74, 6) is -1.32. The van der Waals surface area contributed by atoms with Gasteiger partial charge in [0.15, 0.2) is 0 Å². The molecule has 0 fully saturated rings. The van der Waals surface area contributed by atoms with Crippen LogP contribution in [0.15, 0.2) is 60.8 Å². The van der Waals surface area contributed by atoms with Crippen LogP contribution in [0.25, 0.3) is 0 Å². The van der Waals surface area contributed by atoms with Crippen molar-refractivity contribution >= 4 is 39.0 Å².